The van der Waals surface area contributed by atoms with Crippen molar-refractivity contribution in [2.75, 3.05) is 40.0 Å². The van der Waals surface area contributed by atoms with Crippen LogP contribution in [0.15, 0.2) is 42.5 Å². The number of carbonyl (C=O) groups excluding carboxylic acids is 3. The second kappa shape index (κ2) is 13.3. The second-order valence-electron chi connectivity index (χ2n) is 9.16. The van der Waals surface area contributed by atoms with Crippen LogP contribution in [0.2, 0.25) is 0 Å². The smallest absolute Gasteiger partial charge is 0.251 e. The third-order valence-corrected chi connectivity index (χ3v) is 8.93. The third kappa shape index (κ3) is 7.61. The van der Waals surface area contributed by atoms with E-state index >= 15 is 0 Å². The van der Waals surface area contributed by atoms with Crippen molar-refractivity contribution < 1.29 is 32.6 Å². The maximum absolute atomic E-state index is 13.0. The first-order chi connectivity index (χ1) is 19.2. The van der Waals surface area contributed by atoms with E-state index in [-0.39, 0.29) is 30.0 Å². The molecule has 3 amide bonds. The molecule has 3 aromatic rings. The lowest BCUT2D eigenvalue weighted by atomic mass is 10.0. The molecule has 1 aromatic heterocycles. The van der Waals surface area contributed by atoms with E-state index in [0.29, 0.717) is 28.9 Å². The van der Waals surface area contributed by atoms with Crippen LogP contribution < -0.4 is 20.7 Å². The molecule has 1 saturated carbocycles. The Morgan fingerprint density at radius 1 is 1.07 bits per heavy atom. The molecule has 1 fully saturated rings. The first-order valence-corrected chi connectivity index (χ1v) is 15.0. The van der Waals surface area contributed by atoms with Gasteiger partial charge in [0.25, 0.3) is 5.91 Å². The molecular weight excluding hydrogens is 558 g/mol. The van der Waals surface area contributed by atoms with Crippen molar-refractivity contribution in [2.45, 2.75) is 24.1 Å². The molecule has 5 N–H and O–H groups in total. The van der Waals surface area contributed by atoms with Crippen LogP contribution >= 0.6 is 11.3 Å². The SMILES string of the molecule is COCCNC(=O)c1ccc(-c2ccc3nc(C(C(=O)NCC(=O)NC4CC4)S(=O)(=O)NCCO)sc3c2)cc1. The number of sulfonamides is 1. The Kier molecular flexibility index (Phi) is 9.81. The zero-order chi connectivity index (χ0) is 28.7. The molecule has 40 heavy (non-hydrogen) atoms. The van der Waals surface area contributed by atoms with Crippen LogP contribution in [-0.2, 0) is 24.3 Å². The summed E-state index contributed by atoms with van der Waals surface area (Å²) in [5.74, 6) is -1.51. The van der Waals surface area contributed by atoms with Crippen molar-refractivity contribution in [3.8, 4) is 11.1 Å². The van der Waals surface area contributed by atoms with Crippen LogP contribution in [0.5, 0.6) is 0 Å². The van der Waals surface area contributed by atoms with Gasteiger partial charge in [0.2, 0.25) is 27.1 Å². The van der Waals surface area contributed by atoms with Crippen molar-refractivity contribution in [1.82, 2.24) is 25.7 Å². The highest BCUT2D eigenvalue weighted by atomic mass is 32.2. The predicted octanol–water partition coefficient (Wildman–Crippen LogP) is 0.687. The van der Waals surface area contributed by atoms with Gasteiger partial charge in [-0.25, -0.2) is 18.1 Å². The Bertz CT molecular complexity index is 1470. The number of nitrogens with zero attached hydrogens (tertiary/aromatic N) is 1. The molecule has 1 unspecified atom stereocenters. The van der Waals surface area contributed by atoms with Gasteiger partial charge in [-0.15, -0.1) is 11.3 Å². The van der Waals surface area contributed by atoms with Crippen LogP contribution in [0.3, 0.4) is 0 Å². The number of carbonyl (C=O) groups is 3. The van der Waals surface area contributed by atoms with Crippen molar-refractivity contribution in [1.29, 1.82) is 0 Å². The number of thiazole rings is 1. The molecular formula is C26H31N5O7S2. The van der Waals surface area contributed by atoms with Gasteiger partial charge in [0, 0.05) is 31.8 Å². The monoisotopic (exact) mass is 589 g/mol. The van der Waals surface area contributed by atoms with Gasteiger partial charge in [-0.2, -0.15) is 0 Å². The lowest BCUT2D eigenvalue weighted by Gasteiger charge is -2.16. The van der Waals surface area contributed by atoms with E-state index in [9.17, 15) is 22.8 Å². The van der Waals surface area contributed by atoms with Crippen molar-refractivity contribution >= 4 is 49.3 Å². The summed E-state index contributed by atoms with van der Waals surface area (Å²) in [5, 5.41) is 15.3. The topological polar surface area (TPSA) is 176 Å². The second-order valence-corrected chi connectivity index (χ2v) is 12.1. The number of hydrogen-bond donors (Lipinski definition) is 5. The molecule has 1 atom stereocenters. The van der Waals surface area contributed by atoms with E-state index in [2.05, 4.69) is 25.7 Å². The quantitative estimate of drug-likeness (QED) is 0.171. The Morgan fingerprint density at radius 3 is 2.48 bits per heavy atom. The largest absolute Gasteiger partial charge is 0.395 e. The molecule has 0 spiro atoms. The van der Waals surface area contributed by atoms with Crippen molar-refractivity contribution in [3.05, 3.63) is 53.0 Å². The fourth-order valence-corrected chi connectivity index (χ4v) is 6.58. The van der Waals surface area contributed by atoms with E-state index in [4.69, 9.17) is 9.84 Å². The molecule has 14 heteroatoms. The number of amides is 3. The summed E-state index contributed by atoms with van der Waals surface area (Å²) in [4.78, 5) is 41.8. The van der Waals surface area contributed by atoms with Crippen LogP contribution in [0, 0.1) is 0 Å². The lowest BCUT2D eigenvalue weighted by Crippen LogP contribution is -2.44. The highest BCUT2D eigenvalue weighted by Crippen LogP contribution is 2.33. The number of rotatable bonds is 14. The van der Waals surface area contributed by atoms with E-state index in [1.807, 2.05) is 12.1 Å². The summed E-state index contributed by atoms with van der Waals surface area (Å²) < 4.78 is 33.9. The Labute approximate surface area is 235 Å². The first kappa shape index (κ1) is 29.6. The molecule has 12 nitrogen and oxygen atoms in total. The summed E-state index contributed by atoms with van der Waals surface area (Å²) in [5.41, 5.74) is 2.65. The number of ether oxygens (including phenoxy) is 1. The van der Waals surface area contributed by atoms with Gasteiger partial charge in [-0.05, 0) is 48.2 Å². The fraction of sp³-hybridized carbons (Fsp3) is 0.385. The molecule has 0 aliphatic heterocycles. The molecule has 1 aliphatic rings. The summed E-state index contributed by atoms with van der Waals surface area (Å²) in [7, 11) is -2.72. The fourth-order valence-electron chi connectivity index (χ4n) is 3.84. The average molecular weight is 590 g/mol. The minimum atomic E-state index is -4.28. The standard InChI is InChI=1S/C26H31N5O7S2/c1-38-13-11-27-24(34)17-4-2-16(3-5-17)18-6-9-20-21(14-18)39-26(31-20)23(40(36,37)29-10-12-32)25(35)28-15-22(33)30-19-7-8-19/h2-6,9,14,19,23,29,32H,7-8,10-13,15H2,1H3,(H,27,34)(H,28,35)(H,30,33). The summed E-state index contributed by atoms with van der Waals surface area (Å²) in [6.45, 7) is -0.272. The molecule has 4 rings (SSSR count). The van der Waals surface area contributed by atoms with Crippen LogP contribution in [0.25, 0.3) is 21.3 Å². The van der Waals surface area contributed by atoms with Gasteiger partial charge in [0.05, 0.1) is 30.0 Å². The number of methoxy groups -OCH3 is 1. The van der Waals surface area contributed by atoms with E-state index in [1.165, 1.54) is 0 Å². The minimum absolute atomic E-state index is 0.0285. The Balaban J connectivity index is 1.55. The van der Waals surface area contributed by atoms with Gasteiger partial charge in [-0.3, -0.25) is 14.4 Å². The summed E-state index contributed by atoms with van der Waals surface area (Å²) in [6, 6.07) is 12.5. The zero-order valence-corrected chi connectivity index (χ0v) is 23.4. The number of hydrogen-bond acceptors (Lipinski definition) is 9. The van der Waals surface area contributed by atoms with Gasteiger partial charge in [0.1, 0.15) is 5.01 Å². The van der Waals surface area contributed by atoms with Gasteiger partial charge < -0.3 is 25.8 Å². The lowest BCUT2D eigenvalue weighted by molar-refractivity contribution is -0.126. The highest BCUT2D eigenvalue weighted by Gasteiger charge is 2.37. The van der Waals surface area contributed by atoms with E-state index in [0.717, 1.165) is 35.3 Å². The minimum Gasteiger partial charge on any atom is -0.395 e. The van der Waals surface area contributed by atoms with E-state index in [1.54, 1.807) is 37.4 Å². The average Bonchev–Trinajstić information content (AvgIpc) is 3.66. The molecule has 1 aliphatic carbocycles. The van der Waals surface area contributed by atoms with Crippen LogP contribution in [-0.4, -0.2) is 82.2 Å². The number of benzene rings is 2. The Morgan fingerprint density at radius 2 is 1.80 bits per heavy atom. The third-order valence-electron chi connectivity index (χ3n) is 6.03. The van der Waals surface area contributed by atoms with Gasteiger partial charge in [-0.1, -0.05) is 18.2 Å². The molecule has 0 radical (unpaired) electrons. The maximum atomic E-state index is 13.0. The number of aliphatic hydroxyl groups excluding tert-OH is 1. The molecule has 1 heterocycles. The van der Waals surface area contributed by atoms with Crippen LogP contribution in [0.1, 0.15) is 33.5 Å². The Hall–Kier alpha value is -3.43. The first-order valence-electron chi connectivity index (χ1n) is 12.7. The number of aromatic nitrogens is 1. The number of fused-ring (bicyclic) bond motifs is 1. The maximum Gasteiger partial charge on any atom is 0.251 e. The van der Waals surface area contributed by atoms with Crippen molar-refractivity contribution in [3.63, 3.8) is 0 Å². The van der Waals surface area contributed by atoms with Gasteiger partial charge >= 0.3 is 0 Å². The number of nitrogens with one attached hydrogen (secondary N) is 4. The molecule has 214 valence electrons. The summed E-state index contributed by atoms with van der Waals surface area (Å²) in [6.07, 6.45) is 1.76. The normalized spacial score (nSPS) is 14.1. The highest BCUT2D eigenvalue weighted by molar-refractivity contribution is 7.90. The molecule has 0 bridgehead atoms. The predicted molar refractivity (Wildman–Crippen MR) is 150 cm³/mol. The van der Waals surface area contributed by atoms with Gasteiger partial charge in [0.15, 0.2) is 0 Å². The zero-order valence-electron chi connectivity index (χ0n) is 21.8. The van der Waals surface area contributed by atoms with Crippen molar-refractivity contribution in [2.24, 2.45) is 0 Å². The summed E-state index contributed by atoms with van der Waals surface area (Å²) >= 11 is 1.05. The van der Waals surface area contributed by atoms with Crippen LogP contribution in [0.4, 0.5) is 0 Å². The number of aliphatic hydroxyl groups is 1. The molecule has 0 saturated heterocycles. The molecule has 2 aromatic carbocycles. The van der Waals surface area contributed by atoms with E-state index < -0.39 is 33.7 Å².